The zero-order valence-corrected chi connectivity index (χ0v) is 11.2. The van der Waals surface area contributed by atoms with Gasteiger partial charge < -0.3 is 10.4 Å². The molecule has 1 aromatic rings. The maximum atomic E-state index is 11.0. The van der Waals surface area contributed by atoms with Crippen molar-refractivity contribution < 1.29 is 14.8 Å². The third kappa shape index (κ3) is 3.23. The Hall–Kier alpha value is -2.18. The fourth-order valence-electron chi connectivity index (χ4n) is 2.54. The molecule has 2 N–H and O–H groups in total. The first-order valence-electron chi connectivity index (χ1n) is 6.58. The van der Waals surface area contributed by atoms with E-state index in [2.05, 4.69) is 10.3 Å². The molecular formula is C13H17N3O4. The number of hydrogen-bond acceptors (Lipinski definition) is 5. The fraction of sp³-hybridized carbons (Fsp3) is 0.538. The molecule has 0 bridgehead atoms. The highest BCUT2D eigenvalue weighted by molar-refractivity contribution is 5.70. The van der Waals surface area contributed by atoms with Crippen LogP contribution < -0.4 is 5.32 Å². The summed E-state index contributed by atoms with van der Waals surface area (Å²) in [5.41, 5.74) is 0.608. The molecule has 0 radical (unpaired) electrons. The molecule has 1 aliphatic carbocycles. The second kappa shape index (κ2) is 5.85. The van der Waals surface area contributed by atoms with Crippen molar-refractivity contribution in [2.24, 2.45) is 5.92 Å². The van der Waals surface area contributed by atoms with Gasteiger partial charge >= 0.3 is 11.7 Å². The minimum absolute atomic E-state index is 0.0759. The number of nitro groups is 1. The van der Waals surface area contributed by atoms with Crippen molar-refractivity contribution in [3.05, 3.63) is 27.9 Å². The summed E-state index contributed by atoms with van der Waals surface area (Å²) in [5.74, 6) is -0.959. The monoisotopic (exact) mass is 279 g/mol. The molecular weight excluding hydrogens is 262 g/mol. The molecule has 0 aromatic carbocycles. The third-order valence-corrected chi connectivity index (χ3v) is 3.57. The summed E-state index contributed by atoms with van der Waals surface area (Å²) in [4.78, 5) is 25.7. The van der Waals surface area contributed by atoms with Crippen LogP contribution in [-0.2, 0) is 4.79 Å². The molecule has 1 aromatic heterocycles. The molecule has 2 rings (SSSR count). The first kappa shape index (κ1) is 14.2. The molecule has 0 saturated heterocycles. The van der Waals surface area contributed by atoms with Gasteiger partial charge in [-0.3, -0.25) is 14.9 Å². The van der Waals surface area contributed by atoms with Crippen molar-refractivity contribution in [3.8, 4) is 0 Å². The Balaban J connectivity index is 2.15. The maximum Gasteiger partial charge on any atom is 0.311 e. The Morgan fingerprint density at radius 2 is 2.25 bits per heavy atom. The van der Waals surface area contributed by atoms with Crippen molar-refractivity contribution in [1.29, 1.82) is 0 Å². The highest BCUT2D eigenvalue weighted by Gasteiger charge is 2.28. The van der Waals surface area contributed by atoms with Gasteiger partial charge in [-0.1, -0.05) is 6.42 Å². The molecule has 20 heavy (non-hydrogen) atoms. The Morgan fingerprint density at radius 3 is 2.90 bits per heavy atom. The van der Waals surface area contributed by atoms with Crippen LogP contribution in [0.4, 0.5) is 11.5 Å². The molecule has 1 aliphatic rings. The van der Waals surface area contributed by atoms with Gasteiger partial charge in [-0.15, -0.1) is 0 Å². The number of carboxylic acids is 1. The normalized spacial score (nSPS) is 22.2. The first-order chi connectivity index (χ1) is 9.47. The lowest BCUT2D eigenvalue weighted by Crippen LogP contribution is -2.31. The van der Waals surface area contributed by atoms with Crippen LogP contribution in [0.15, 0.2) is 12.1 Å². The van der Waals surface area contributed by atoms with Crippen molar-refractivity contribution in [2.75, 3.05) is 5.32 Å². The molecule has 7 heteroatoms. The predicted octanol–water partition coefficient (Wildman–Crippen LogP) is 2.35. The van der Waals surface area contributed by atoms with E-state index >= 15 is 0 Å². The van der Waals surface area contributed by atoms with Crippen LogP contribution in [0.5, 0.6) is 0 Å². The minimum atomic E-state index is -0.803. The highest BCUT2D eigenvalue weighted by Crippen LogP contribution is 2.29. The number of nitrogens with zero attached hydrogens (tertiary/aromatic N) is 2. The Kier molecular flexibility index (Phi) is 4.16. The second-order valence-corrected chi connectivity index (χ2v) is 5.12. The van der Waals surface area contributed by atoms with E-state index in [-0.39, 0.29) is 23.5 Å². The smallest absolute Gasteiger partial charge is 0.311 e. The van der Waals surface area contributed by atoms with Gasteiger partial charge in [0.05, 0.1) is 10.8 Å². The van der Waals surface area contributed by atoms with E-state index in [1.54, 1.807) is 13.0 Å². The first-order valence-corrected chi connectivity index (χ1v) is 6.58. The number of aryl methyl sites for hydroxylation is 1. The van der Waals surface area contributed by atoms with Gasteiger partial charge in [0, 0.05) is 17.8 Å². The standard InChI is InChI=1S/C13H17N3O4/c1-8-5-6-11(16(19)20)12(14-8)15-10-4-2-3-9(7-10)13(17)18/h5-6,9-10H,2-4,7H2,1H3,(H,14,15)(H,17,18). The van der Waals surface area contributed by atoms with E-state index in [0.29, 0.717) is 18.5 Å². The maximum absolute atomic E-state index is 11.0. The van der Waals surface area contributed by atoms with Gasteiger partial charge in [-0.05, 0) is 32.3 Å². The Morgan fingerprint density at radius 1 is 1.50 bits per heavy atom. The zero-order chi connectivity index (χ0) is 14.7. The van der Waals surface area contributed by atoms with Crippen molar-refractivity contribution in [1.82, 2.24) is 4.98 Å². The number of hydrogen-bond donors (Lipinski definition) is 2. The van der Waals surface area contributed by atoms with Gasteiger partial charge in [0.15, 0.2) is 0 Å². The average molecular weight is 279 g/mol. The van der Waals surface area contributed by atoms with Crippen molar-refractivity contribution >= 4 is 17.5 Å². The summed E-state index contributed by atoms with van der Waals surface area (Å²) in [7, 11) is 0. The topological polar surface area (TPSA) is 105 Å². The number of nitrogens with one attached hydrogen (secondary N) is 1. The SMILES string of the molecule is Cc1ccc([N+](=O)[O-])c(NC2CCCC(C(=O)O)C2)n1. The second-order valence-electron chi connectivity index (χ2n) is 5.12. The molecule has 2 unspecified atom stereocenters. The summed E-state index contributed by atoms with van der Waals surface area (Å²) < 4.78 is 0. The van der Waals surface area contributed by atoms with Crippen molar-refractivity contribution in [2.45, 2.75) is 38.6 Å². The van der Waals surface area contributed by atoms with Crippen molar-refractivity contribution in [3.63, 3.8) is 0 Å². The molecule has 1 heterocycles. The minimum Gasteiger partial charge on any atom is -0.481 e. The van der Waals surface area contributed by atoms with E-state index in [1.807, 2.05) is 0 Å². The largest absolute Gasteiger partial charge is 0.481 e. The molecule has 1 fully saturated rings. The molecule has 0 spiro atoms. The number of carboxylic acid groups (broad SMARTS) is 1. The lowest BCUT2D eigenvalue weighted by Gasteiger charge is -2.27. The summed E-state index contributed by atoms with van der Waals surface area (Å²) in [5, 5.41) is 23.1. The number of anilines is 1. The summed E-state index contributed by atoms with van der Waals surface area (Å²) in [6.45, 7) is 1.76. The van der Waals surface area contributed by atoms with E-state index < -0.39 is 10.9 Å². The molecule has 108 valence electrons. The molecule has 2 atom stereocenters. The number of pyridine rings is 1. The van der Waals surface area contributed by atoms with E-state index in [4.69, 9.17) is 5.11 Å². The predicted molar refractivity (Wildman–Crippen MR) is 72.6 cm³/mol. The van der Waals surface area contributed by atoms with Crippen LogP contribution in [0.3, 0.4) is 0 Å². The number of rotatable bonds is 4. The quantitative estimate of drug-likeness (QED) is 0.647. The van der Waals surface area contributed by atoms with Crippen LogP contribution in [0.25, 0.3) is 0 Å². The van der Waals surface area contributed by atoms with Crippen LogP contribution in [0, 0.1) is 23.0 Å². The summed E-state index contributed by atoms with van der Waals surface area (Å²) in [6, 6.07) is 2.92. The van der Waals surface area contributed by atoms with E-state index in [1.165, 1.54) is 6.07 Å². The fourth-order valence-corrected chi connectivity index (χ4v) is 2.54. The van der Waals surface area contributed by atoms with E-state index in [9.17, 15) is 14.9 Å². The average Bonchev–Trinajstić information content (AvgIpc) is 2.38. The lowest BCUT2D eigenvalue weighted by molar-refractivity contribution is -0.384. The van der Waals surface area contributed by atoms with Gasteiger partial charge in [0.2, 0.25) is 5.82 Å². The van der Waals surface area contributed by atoms with E-state index in [0.717, 1.165) is 12.8 Å². The van der Waals surface area contributed by atoms with Crippen LogP contribution in [0.1, 0.15) is 31.4 Å². The molecule has 0 amide bonds. The number of carbonyl (C=O) groups is 1. The van der Waals surface area contributed by atoms with Gasteiger partial charge in [0.25, 0.3) is 0 Å². The summed E-state index contributed by atoms with van der Waals surface area (Å²) in [6.07, 6.45) is 2.74. The van der Waals surface area contributed by atoms with Crippen LogP contribution in [0.2, 0.25) is 0 Å². The molecule has 0 aliphatic heterocycles. The Labute approximate surface area is 116 Å². The lowest BCUT2D eigenvalue weighted by atomic mass is 9.86. The highest BCUT2D eigenvalue weighted by atomic mass is 16.6. The van der Waals surface area contributed by atoms with Gasteiger partial charge in [-0.2, -0.15) is 0 Å². The molecule has 7 nitrogen and oxygen atoms in total. The number of aromatic nitrogens is 1. The van der Waals surface area contributed by atoms with Crippen LogP contribution in [-0.4, -0.2) is 27.0 Å². The number of aliphatic carboxylic acids is 1. The Bertz CT molecular complexity index is 532. The third-order valence-electron chi connectivity index (χ3n) is 3.57. The van der Waals surface area contributed by atoms with Gasteiger partial charge in [0.1, 0.15) is 0 Å². The zero-order valence-electron chi connectivity index (χ0n) is 11.2. The summed E-state index contributed by atoms with van der Waals surface area (Å²) >= 11 is 0. The van der Waals surface area contributed by atoms with Gasteiger partial charge in [-0.25, -0.2) is 4.98 Å². The molecule has 1 saturated carbocycles. The van der Waals surface area contributed by atoms with Crippen LogP contribution >= 0.6 is 0 Å².